The van der Waals surface area contributed by atoms with Crippen LogP contribution in [0.1, 0.15) is 10.4 Å². The number of hydrogen-bond acceptors (Lipinski definition) is 4. The van der Waals surface area contributed by atoms with Crippen molar-refractivity contribution in [2.24, 2.45) is 0 Å². The van der Waals surface area contributed by atoms with Gasteiger partial charge in [-0.3, -0.25) is 10.1 Å². The molecule has 2 aromatic carbocycles. The molecule has 0 atom stereocenters. The van der Waals surface area contributed by atoms with Crippen molar-refractivity contribution in [2.45, 2.75) is 0 Å². The van der Waals surface area contributed by atoms with Gasteiger partial charge in [-0.1, -0.05) is 41.4 Å². The van der Waals surface area contributed by atoms with Crippen LogP contribution in [-0.4, -0.2) is 26.1 Å². The first-order valence-electron chi connectivity index (χ1n) is 6.99. The van der Waals surface area contributed by atoms with Crippen LogP contribution in [0.4, 0.5) is 5.95 Å². The van der Waals surface area contributed by atoms with Gasteiger partial charge >= 0.3 is 0 Å². The average molecular weight is 358 g/mol. The van der Waals surface area contributed by atoms with Gasteiger partial charge in [0, 0.05) is 15.9 Å². The maximum absolute atomic E-state index is 12.3. The highest BCUT2D eigenvalue weighted by atomic mass is 35.5. The number of amides is 1. The van der Waals surface area contributed by atoms with Crippen LogP contribution in [0, 0.1) is 0 Å². The standard InChI is InChI=1S/C16H9Cl2N5O/c17-8-5-6-9(11(18)7-8)15(24)21-16-20-14-13(22-23-16)10-3-1-2-4-12(10)19-14/h1-7H,(H2,19,20,21,23,24). The van der Waals surface area contributed by atoms with E-state index in [4.69, 9.17) is 23.2 Å². The summed E-state index contributed by atoms with van der Waals surface area (Å²) >= 11 is 11.9. The monoisotopic (exact) mass is 357 g/mol. The van der Waals surface area contributed by atoms with Crippen LogP contribution >= 0.6 is 23.2 Å². The number of aromatic nitrogens is 4. The fourth-order valence-electron chi connectivity index (χ4n) is 2.42. The molecule has 2 N–H and O–H groups in total. The molecular formula is C16H9Cl2N5O. The Morgan fingerprint density at radius 2 is 1.92 bits per heavy atom. The van der Waals surface area contributed by atoms with Crippen molar-refractivity contribution < 1.29 is 4.79 Å². The zero-order valence-corrected chi connectivity index (χ0v) is 13.6. The van der Waals surface area contributed by atoms with Gasteiger partial charge in [-0.05, 0) is 24.3 Å². The highest BCUT2D eigenvalue weighted by Crippen LogP contribution is 2.23. The number of nitrogens with zero attached hydrogens (tertiary/aromatic N) is 3. The summed E-state index contributed by atoms with van der Waals surface area (Å²) in [7, 11) is 0. The topological polar surface area (TPSA) is 83.6 Å². The quantitative estimate of drug-likeness (QED) is 0.566. The molecule has 0 radical (unpaired) electrons. The molecule has 0 bridgehead atoms. The zero-order valence-electron chi connectivity index (χ0n) is 12.0. The SMILES string of the molecule is O=C(Nc1nnc2c(n1)[nH]c1ccccc12)c1ccc(Cl)cc1Cl. The molecule has 0 aliphatic heterocycles. The number of nitrogens with one attached hydrogen (secondary N) is 2. The third kappa shape index (κ3) is 2.55. The number of anilines is 1. The molecule has 0 aliphatic carbocycles. The number of H-pyrrole nitrogens is 1. The molecule has 118 valence electrons. The number of carbonyl (C=O) groups excluding carboxylic acids is 1. The fourth-order valence-corrected chi connectivity index (χ4v) is 2.91. The Hall–Kier alpha value is -2.70. The van der Waals surface area contributed by atoms with E-state index >= 15 is 0 Å². The van der Waals surface area contributed by atoms with Crippen molar-refractivity contribution in [3.63, 3.8) is 0 Å². The third-order valence-corrected chi connectivity index (χ3v) is 4.07. The summed E-state index contributed by atoms with van der Waals surface area (Å²) in [6.45, 7) is 0. The highest BCUT2D eigenvalue weighted by molar-refractivity contribution is 6.37. The van der Waals surface area contributed by atoms with Crippen molar-refractivity contribution >= 4 is 57.1 Å². The van der Waals surface area contributed by atoms with Gasteiger partial charge in [0.15, 0.2) is 5.65 Å². The first-order valence-corrected chi connectivity index (χ1v) is 7.75. The molecule has 0 fully saturated rings. The Bertz CT molecular complexity index is 1090. The van der Waals surface area contributed by atoms with Crippen molar-refractivity contribution in [1.82, 2.24) is 20.2 Å². The average Bonchev–Trinajstić information content (AvgIpc) is 2.92. The van der Waals surface area contributed by atoms with E-state index < -0.39 is 5.91 Å². The van der Waals surface area contributed by atoms with Crippen molar-refractivity contribution in [2.75, 3.05) is 5.32 Å². The van der Waals surface area contributed by atoms with E-state index in [1.807, 2.05) is 24.3 Å². The summed E-state index contributed by atoms with van der Waals surface area (Å²) in [4.78, 5) is 19.7. The normalized spacial score (nSPS) is 11.1. The number of fused-ring (bicyclic) bond motifs is 3. The Kier molecular flexibility index (Phi) is 3.55. The molecule has 2 heterocycles. The first-order chi connectivity index (χ1) is 11.6. The molecule has 4 aromatic rings. The van der Waals surface area contributed by atoms with E-state index in [1.54, 1.807) is 6.07 Å². The molecule has 0 spiro atoms. The maximum atomic E-state index is 12.3. The van der Waals surface area contributed by atoms with E-state index in [9.17, 15) is 4.79 Å². The van der Waals surface area contributed by atoms with Crippen molar-refractivity contribution in [1.29, 1.82) is 0 Å². The van der Waals surface area contributed by atoms with Gasteiger partial charge in [0.1, 0.15) is 5.52 Å². The van der Waals surface area contributed by atoms with Gasteiger partial charge in [-0.15, -0.1) is 10.2 Å². The summed E-state index contributed by atoms with van der Waals surface area (Å²) in [5, 5.41) is 12.3. The lowest BCUT2D eigenvalue weighted by Gasteiger charge is -2.05. The maximum Gasteiger partial charge on any atom is 0.259 e. The molecule has 4 rings (SSSR count). The number of benzene rings is 2. The molecule has 0 aliphatic rings. The van der Waals surface area contributed by atoms with Gasteiger partial charge in [-0.25, -0.2) is 0 Å². The Balaban J connectivity index is 1.69. The van der Waals surface area contributed by atoms with E-state index in [-0.39, 0.29) is 16.5 Å². The second kappa shape index (κ2) is 5.74. The highest BCUT2D eigenvalue weighted by Gasteiger charge is 2.14. The third-order valence-electron chi connectivity index (χ3n) is 3.52. The van der Waals surface area contributed by atoms with Crippen LogP contribution in [0.15, 0.2) is 42.5 Å². The van der Waals surface area contributed by atoms with E-state index in [1.165, 1.54) is 12.1 Å². The fraction of sp³-hybridized carbons (Fsp3) is 0. The number of carbonyl (C=O) groups is 1. The largest absolute Gasteiger partial charge is 0.338 e. The summed E-state index contributed by atoms with van der Waals surface area (Å²) in [5.74, 6) is -0.348. The molecule has 8 heteroatoms. The minimum atomic E-state index is -0.436. The minimum absolute atomic E-state index is 0.0880. The van der Waals surface area contributed by atoms with Gasteiger partial charge in [-0.2, -0.15) is 4.98 Å². The van der Waals surface area contributed by atoms with Crippen molar-refractivity contribution in [3.8, 4) is 0 Å². The number of aromatic amines is 1. The van der Waals surface area contributed by atoms with Crippen LogP contribution < -0.4 is 5.32 Å². The van der Waals surface area contributed by atoms with E-state index in [2.05, 4.69) is 25.5 Å². The zero-order chi connectivity index (χ0) is 16.7. The predicted octanol–water partition coefficient (Wildman–Crippen LogP) is 4.07. The Labute approximate surface area is 145 Å². The molecule has 6 nitrogen and oxygen atoms in total. The van der Waals surface area contributed by atoms with E-state index in [0.717, 1.165) is 10.9 Å². The summed E-state index contributed by atoms with van der Waals surface area (Å²) < 4.78 is 0. The summed E-state index contributed by atoms with van der Waals surface area (Å²) in [6, 6.07) is 12.3. The minimum Gasteiger partial charge on any atom is -0.338 e. The molecule has 0 saturated carbocycles. The van der Waals surface area contributed by atoms with Gasteiger partial charge in [0.2, 0.25) is 0 Å². The Morgan fingerprint density at radius 3 is 2.75 bits per heavy atom. The number of rotatable bonds is 2. The second-order valence-electron chi connectivity index (χ2n) is 5.08. The van der Waals surface area contributed by atoms with Crippen LogP contribution in [0.2, 0.25) is 10.0 Å². The van der Waals surface area contributed by atoms with Crippen LogP contribution in [-0.2, 0) is 0 Å². The lowest BCUT2D eigenvalue weighted by atomic mass is 10.2. The molecular weight excluding hydrogens is 349 g/mol. The van der Waals surface area contributed by atoms with Crippen LogP contribution in [0.5, 0.6) is 0 Å². The number of halogens is 2. The van der Waals surface area contributed by atoms with Crippen molar-refractivity contribution in [3.05, 3.63) is 58.1 Å². The number of hydrogen-bond donors (Lipinski definition) is 2. The predicted molar refractivity (Wildman–Crippen MR) is 93.6 cm³/mol. The molecule has 2 aromatic heterocycles. The molecule has 0 saturated heterocycles. The molecule has 0 unspecified atom stereocenters. The first kappa shape index (κ1) is 14.9. The van der Waals surface area contributed by atoms with Crippen LogP contribution in [0.25, 0.3) is 22.1 Å². The van der Waals surface area contributed by atoms with Gasteiger partial charge in [0.05, 0.1) is 10.6 Å². The van der Waals surface area contributed by atoms with Gasteiger partial charge in [0.25, 0.3) is 11.9 Å². The lowest BCUT2D eigenvalue weighted by molar-refractivity contribution is 0.102. The van der Waals surface area contributed by atoms with Gasteiger partial charge < -0.3 is 4.98 Å². The van der Waals surface area contributed by atoms with E-state index in [0.29, 0.717) is 16.2 Å². The molecule has 1 amide bonds. The summed E-state index contributed by atoms with van der Waals surface area (Å²) in [6.07, 6.45) is 0. The summed E-state index contributed by atoms with van der Waals surface area (Å²) in [5.41, 5.74) is 2.37. The molecule has 24 heavy (non-hydrogen) atoms. The second-order valence-corrected chi connectivity index (χ2v) is 5.93. The Morgan fingerprint density at radius 1 is 1.08 bits per heavy atom. The smallest absolute Gasteiger partial charge is 0.259 e. The number of para-hydroxylation sites is 1. The lowest BCUT2D eigenvalue weighted by Crippen LogP contribution is -2.15. The van der Waals surface area contributed by atoms with Crippen LogP contribution in [0.3, 0.4) is 0 Å².